The van der Waals surface area contributed by atoms with Crippen molar-refractivity contribution in [1.82, 2.24) is 9.88 Å². The lowest BCUT2D eigenvalue weighted by molar-refractivity contribution is 0.0660. The van der Waals surface area contributed by atoms with Crippen LogP contribution in [-0.2, 0) is 0 Å². The van der Waals surface area contributed by atoms with Gasteiger partial charge in [0, 0.05) is 19.3 Å². The summed E-state index contributed by atoms with van der Waals surface area (Å²) < 4.78 is 0. The number of carbonyl (C=O) groups excluding carboxylic acids is 1. The van der Waals surface area contributed by atoms with Crippen molar-refractivity contribution in [3.8, 4) is 0 Å². The van der Waals surface area contributed by atoms with E-state index in [1.807, 2.05) is 24.1 Å². The van der Waals surface area contributed by atoms with E-state index in [0.717, 1.165) is 0 Å². The molecule has 17 heavy (non-hydrogen) atoms. The molecule has 1 saturated carbocycles. The Bertz CT molecular complexity index is 352. The van der Waals surface area contributed by atoms with E-state index in [4.69, 9.17) is 0 Å². The molecule has 0 saturated heterocycles. The molecule has 3 heteroatoms. The van der Waals surface area contributed by atoms with Gasteiger partial charge >= 0.3 is 0 Å². The van der Waals surface area contributed by atoms with Crippen molar-refractivity contribution in [3.05, 3.63) is 24.0 Å². The molecule has 1 atom stereocenters. The number of nitrogens with one attached hydrogen (secondary N) is 1. The summed E-state index contributed by atoms with van der Waals surface area (Å²) in [5.74, 6) is 0.778. The van der Waals surface area contributed by atoms with Gasteiger partial charge in [-0.05, 0) is 37.8 Å². The molecule has 1 amide bonds. The summed E-state index contributed by atoms with van der Waals surface area (Å²) in [7, 11) is 1.92. The molecule has 0 unspecified atom stereocenters. The summed E-state index contributed by atoms with van der Waals surface area (Å²) in [6.07, 6.45) is 8.33. The maximum Gasteiger partial charge on any atom is 0.270 e. The first-order valence-electron chi connectivity index (χ1n) is 6.60. The lowest BCUT2D eigenvalue weighted by Crippen LogP contribution is -2.40. The molecule has 0 aromatic carbocycles. The second kappa shape index (κ2) is 5.39. The number of rotatable bonds is 3. The minimum atomic E-state index is 0.105. The van der Waals surface area contributed by atoms with Gasteiger partial charge in [-0.1, -0.05) is 19.3 Å². The minimum absolute atomic E-state index is 0.105. The summed E-state index contributed by atoms with van der Waals surface area (Å²) in [6.45, 7) is 2.18. The van der Waals surface area contributed by atoms with Gasteiger partial charge in [0.05, 0.1) is 0 Å². The molecular weight excluding hydrogens is 212 g/mol. The Balaban J connectivity index is 1.98. The summed E-state index contributed by atoms with van der Waals surface area (Å²) in [5.41, 5.74) is 0.690. The topological polar surface area (TPSA) is 36.1 Å². The number of aromatic amines is 1. The van der Waals surface area contributed by atoms with E-state index >= 15 is 0 Å². The first-order chi connectivity index (χ1) is 8.20. The fraction of sp³-hybridized carbons (Fsp3) is 0.643. The lowest BCUT2D eigenvalue weighted by Gasteiger charge is -2.34. The van der Waals surface area contributed by atoms with Crippen molar-refractivity contribution < 1.29 is 4.79 Å². The monoisotopic (exact) mass is 234 g/mol. The Labute approximate surface area is 103 Å². The fourth-order valence-corrected chi connectivity index (χ4v) is 2.77. The molecule has 1 aromatic rings. The minimum Gasteiger partial charge on any atom is -0.357 e. The van der Waals surface area contributed by atoms with Crippen LogP contribution in [0.4, 0.5) is 0 Å². The van der Waals surface area contributed by atoms with E-state index in [-0.39, 0.29) is 5.91 Å². The quantitative estimate of drug-likeness (QED) is 0.857. The van der Waals surface area contributed by atoms with Crippen LogP contribution in [0.2, 0.25) is 0 Å². The zero-order chi connectivity index (χ0) is 12.3. The summed E-state index contributed by atoms with van der Waals surface area (Å²) in [5, 5.41) is 0. The molecule has 0 aliphatic heterocycles. The van der Waals surface area contributed by atoms with Crippen molar-refractivity contribution in [2.24, 2.45) is 5.92 Å². The smallest absolute Gasteiger partial charge is 0.270 e. The highest BCUT2D eigenvalue weighted by atomic mass is 16.2. The molecule has 1 aromatic heterocycles. The summed E-state index contributed by atoms with van der Waals surface area (Å²) in [4.78, 5) is 17.1. The van der Waals surface area contributed by atoms with Gasteiger partial charge in [0.25, 0.3) is 5.91 Å². The number of hydrogen-bond acceptors (Lipinski definition) is 1. The van der Waals surface area contributed by atoms with Crippen LogP contribution in [0.15, 0.2) is 18.3 Å². The number of amides is 1. The van der Waals surface area contributed by atoms with Crippen LogP contribution in [0.5, 0.6) is 0 Å². The average Bonchev–Trinajstić information content (AvgIpc) is 2.91. The first-order valence-corrected chi connectivity index (χ1v) is 6.60. The zero-order valence-electron chi connectivity index (χ0n) is 10.8. The standard InChI is InChI=1S/C14H22N2O/c1-11(12-7-4-3-5-8-12)16(2)14(17)13-9-6-10-15-13/h6,9-12,15H,3-5,7-8H2,1-2H3/t11-/m1/s1. The molecule has 1 fully saturated rings. The Kier molecular flexibility index (Phi) is 3.87. The second-order valence-electron chi connectivity index (χ2n) is 5.14. The second-order valence-corrected chi connectivity index (χ2v) is 5.14. The number of hydrogen-bond donors (Lipinski definition) is 1. The number of H-pyrrole nitrogens is 1. The van der Waals surface area contributed by atoms with Crippen molar-refractivity contribution >= 4 is 5.91 Å². The third kappa shape index (κ3) is 2.71. The Morgan fingerprint density at radius 2 is 2.12 bits per heavy atom. The molecular formula is C14H22N2O. The van der Waals surface area contributed by atoms with Crippen LogP contribution in [0.3, 0.4) is 0 Å². The van der Waals surface area contributed by atoms with Crippen LogP contribution in [0, 0.1) is 5.92 Å². The molecule has 1 aliphatic carbocycles. The van der Waals surface area contributed by atoms with Crippen molar-refractivity contribution in [3.63, 3.8) is 0 Å². The van der Waals surface area contributed by atoms with E-state index < -0.39 is 0 Å². The number of carbonyl (C=O) groups is 1. The van der Waals surface area contributed by atoms with Crippen LogP contribution in [0.25, 0.3) is 0 Å². The fourth-order valence-electron chi connectivity index (χ4n) is 2.77. The van der Waals surface area contributed by atoms with Gasteiger partial charge in [-0.15, -0.1) is 0 Å². The van der Waals surface area contributed by atoms with Crippen LogP contribution >= 0.6 is 0 Å². The van der Waals surface area contributed by atoms with Crippen molar-refractivity contribution in [2.75, 3.05) is 7.05 Å². The van der Waals surface area contributed by atoms with E-state index in [9.17, 15) is 4.79 Å². The zero-order valence-corrected chi connectivity index (χ0v) is 10.8. The van der Waals surface area contributed by atoms with Crippen LogP contribution < -0.4 is 0 Å². The molecule has 0 bridgehead atoms. The Morgan fingerprint density at radius 1 is 1.41 bits per heavy atom. The normalized spacial score (nSPS) is 18.9. The van der Waals surface area contributed by atoms with Crippen LogP contribution in [0.1, 0.15) is 49.5 Å². The highest BCUT2D eigenvalue weighted by Crippen LogP contribution is 2.28. The molecule has 94 valence electrons. The van der Waals surface area contributed by atoms with Gasteiger partial charge in [-0.3, -0.25) is 4.79 Å². The van der Waals surface area contributed by atoms with E-state index in [1.165, 1.54) is 32.1 Å². The van der Waals surface area contributed by atoms with Gasteiger partial charge in [-0.25, -0.2) is 0 Å². The van der Waals surface area contributed by atoms with E-state index in [0.29, 0.717) is 17.7 Å². The number of aromatic nitrogens is 1. The first kappa shape index (κ1) is 12.2. The molecule has 1 N–H and O–H groups in total. The molecule has 1 aliphatic rings. The SMILES string of the molecule is C[C@H](C1CCCCC1)N(C)C(=O)c1ccc[nH]1. The van der Waals surface area contributed by atoms with Gasteiger partial charge < -0.3 is 9.88 Å². The van der Waals surface area contributed by atoms with E-state index in [1.54, 1.807) is 6.20 Å². The predicted molar refractivity (Wildman–Crippen MR) is 68.9 cm³/mol. The molecule has 3 nitrogen and oxygen atoms in total. The molecule has 1 heterocycles. The molecule has 0 radical (unpaired) electrons. The lowest BCUT2D eigenvalue weighted by atomic mass is 9.84. The highest BCUT2D eigenvalue weighted by molar-refractivity contribution is 5.92. The Morgan fingerprint density at radius 3 is 2.71 bits per heavy atom. The van der Waals surface area contributed by atoms with Crippen LogP contribution in [-0.4, -0.2) is 28.9 Å². The predicted octanol–water partition coefficient (Wildman–Crippen LogP) is 3.06. The van der Waals surface area contributed by atoms with Gasteiger partial charge in [0.15, 0.2) is 0 Å². The molecule has 2 rings (SSSR count). The van der Waals surface area contributed by atoms with Gasteiger partial charge in [0.1, 0.15) is 5.69 Å². The van der Waals surface area contributed by atoms with Crippen molar-refractivity contribution in [1.29, 1.82) is 0 Å². The van der Waals surface area contributed by atoms with Gasteiger partial charge in [-0.2, -0.15) is 0 Å². The maximum atomic E-state index is 12.2. The summed E-state index contributed by atoms with van der Waals surface area (Å²) >= 11 is 0. The van der Waals surface area contributed by atoms with Gasteiger partial charge in [0.2, 0.25) is 0 Å². The summed E-state index contributed by atoms with van der Waals surface area (Å²) in [6, 6.07) is 4.05. The average molecular weight is 234 g/mol. The molecule has 0 spiro atoms. The van der Waals surface area contributed by atoms with E-state index in [2.05, 4.69) is 11.9 Å². The maximum absolute atomic E-state index is 12.2. The highest BCUT2D eigenvalue weighted by Gasteiger charge is 2.26. The third-order valence-electron chi connectivity index (χ3n) is 4.09. The van der Waals surface area contributed by atoms with Crippen molar-refractivity contribution in [2.45, 2.75) is 45.1 Å². The largest absolute Gasteiger partial charge is 0.357 e. The third-order valence-corrected chi connectivity index (χ3v) is 4.09. The number of nitrogens with zero attached hydrogens (tertiary/aromatic N) is 1. The Hall–Kier alpha value is -1.25.